The summed E-state index contributed by atoms with van der Waals surface area (Å²) >= 11 is 5.95. The second-order valence-electron chi connectivity index (χ2n) is 4.44. The number of aromatic nitrogens is 3. The van der Waals surface area contributed by atoms with Gasteiger partial charge in [0.1, 0.15) is 5.15 Å². The number of carbonyl (C=O) groups excluding carboxylic acids is 1. The van der Waals surface area contributed by atoms with Crippen molar-refractivity contribution in [3.05, 3.63) is 52.8 Å². The Kier molecular flexibility index (Phi) is 2.91. The molecule has 100 valence electrons. The molecule has 2 N–H and O–H groups in total. The van der Waals surface area contributed by atoms with Gasteiger partial charge in [-0.2, -0.15) is 5.10 Å². The summed E-state index contributed by atoms with van der Waals surface area (Å²) in [5.41, 5.74) is 7.19. The van der Waals surface area contributed by atoms with Crippen molar-refractivity contribution in [1.82, 2.24) is 14.8 Å². The maximum Gasteiger partial charge on any atom is 0.249 e. The topological polar surface area (TPSA) is 73.8 Å². The van der Waals surface area contributed by atoms with Crippen molar-refractivity contribution in [2.75, 3.05) is 0 Å². The van der Waals surface area contributed by atoms with E-state index in [1.54, 1.807) is 11.6 Å². The van der Waals surface area contributed by atoms with E-state index in [1.807, 2.05) is 30.5 Å². The van der Waals surface area contributed by atoms with E-state index in [9.17, 15) is 4.79 Å². The number of amides is 1. The van der Waals surface area contributed by atoms with Crippen molar-refractivity contribution < 1.29 is 4.79 Å². The Labute approximate surface area is 120 Å². The first-order chi connectivity index (χ1) is 9.56. The van der Waals surface area contributed by atoms with Gasteiger partial charge in [0.05, 0.1) is 5.52 Å². The summed E-state index contributed by atoms with van der Waals surface area (Å²) in [4.78, 5) is 15.7. The van der Waals surface area contributed by atoms with Gasteiger partial charge in [0.15, 0.2) is 5.82 Å². The Morgan fingerprint density at radius 3 is 2.80 bits per heavy atom. The Morgan fingerprint density at radius 2 is 2.10 bits per heavy atom. The average Bonchev–Trinajstić information content (AvgIpc) is 2.84. The van der Waals surface area contributed by atoms with Crippen molar-refractivity contribution in [2.24, 2.45) is 5.73 Å². The van der Waals surface area contributed by atoms with Crippen molar-refractivity contribution >= 4 is 28.4 Å². The van der Waals surface area contributed by atoms with Crippen molar-refractivity contribution in [1.29, 1.82) is 0 Å². The summed E-state index contributed by atoms with van der Waals surface area (Å²) in [6, 6.07) is 9.16. The monoisotopic (exact) mass is 286 g/mol. The number of carbonyl (C=O) groups is 1. The van der Waals surface area contributed by atoms with E-state index < -0.39 is 5.91 Å². The number of pyridine rings is 1. The largest absolute Gasteiger partial charge is 0.366 e. The van der Waals surface area contributed by atoms with E-state index in [1.165, 1.54) is 6.07 Å². The number of fused-ring (bicyclic) bond motifs is 1. The molecule has 0 spiro atoms. The minimum atomic E-state index is -0.537. The molecule has 2 heterocycles. The van der Waals surface area contributed by atoms with Gasteiger partial charge >= 0.3 is 0 Å². The number of rotatable bonds is 2. The van der Waals surface area contributed by atoms with E-state index in [0.717, 1.165) is 10.9 Å². The summed E-state index contributed by atoms with van der Waals surface area (Å²) in [5.74, 6) is -0.0349. The summed E-state index contributed by atoms with van der Waals surface area (Å²) in [5, 5.41) is 5.62. The van der Waals surface area contributed by atoms with Crippen LogP contribution in [0.5, 0.6) is 0 Å². The van der Waals surface area contributed by atoms with Crippen LogP contribution in [-0.2, 0) is 0 Å². The molecule has 0 radical (unpaired) electrons. The van der Waals surface area contributed by atoms with Crippen LogP contribution in [0.3, 0.4) is 0 Å². The fourth-order valence-corrected chi connectivity index (χ4v) is 2.31. The van der Waals surface area contributed by atoms with E-state index in [2.05, 4.69) is 10.1 Å². The minimum Gasteiger partial charge on any atom is -0.366 e. The second kappa shape index (κ2) is 4.61. The smallest absolute Gasteiger partial charge is 0.249 e. The maximum atomic E-state index is 11.4. The quantitative estimate of drug-likeness (QED) is 0.736. The molecule has 20 heavy (non-hydrogen) atoms. The van der Waals surface area contributed by atoms with Crippen LogP contribution in [0.4, 0.5) is 0 Å². The second-order valence-corrected chi connectivity index (χ2v) is 4.83. The fraction of sp³-hybridized carbons (Fsp3) is 0.0714. The normalized spacial score (nSPS) is 10.9. The molecule has 0 fully saturated rings. The van der Waals surface area contributed by atoms with Gasteiger partial charge in [-0.3, -0.25) is 4.79 Å². The van der Waals surface area contributed by atoms with Gasteiger partial charge in [0.25, 0.3) is 0 Å². The zero-order valence-electron chi connectivity index (χ0n) is 10.7. The third-order valence-corrected chi connectivity index (χ3v) is 3.31. The number of benzene rings is 1. The van der Waals surface area contributed by atoms with E-state index in [0.29, 0.717) is 16.9 Å². The Hall–Kier alpha value is -2.40. The molecule has 1 amide bonds. The molecule has 0 atom stereocenters. The van der Waals surface area contributed by atoms with Gasteiger partial charge in [-0.05, 0) is 19.1 Å². The van der Waals surface area contributed by atoms with Crippen LogP contribution in [0.1, 0.15) is 15.9 Å². The zero-order chi connectivity index (χ0) is 14.3. The van der Waals surface area contributed by atoms with Crippen LogP contribution in [0.15, 0.2) is 36.5 Å². The highest BCUT2D eigenvalue weighted by molar-refractivity contribution is 6.29. The number of hydrogen-bond donors (Lipinski definition) is 1. The molecule has 5 nitrogen and oxygen atoms in total. The molecular formula is C14H11ClN4O. The summed E-state index contributed by atoms with van der Waals surface area (Å²) < 4.78 is 1.61. The molecule has 0 aliphatic rings. The van der Waals surface area contributed by atoms with Crippen molar-refractivity contribution in [3.63, 3.8) is 0 Å². The number of nitrogens with two attached hydrogens (primary N) is 1. The number of hydrogen-bond acceptors (Lipinski definition) is 3. The molecule has 0 saturated heterocycles. The molecule has 0 saturated carbocycles. The van der Waals surface area contributed by atoms with Gasteiger partial charge in [-0.15, -0.1) is 0 Å². The van der Waals surface area contributed by atoms with E-state index >= 15 is 0 Å². The Morgan fingerprint density at radius 1 is 1.35 bits per heavy atom. The van der Waals surface area contributed by atoms with Crippen molar-refractivity contribution in [3.8, 4) is 5.82 Å². The molecule has 0 bridgehead atoms. The van der Waals surface area contributed by atoms with Gasteiger partial charge in [0.2, 0.25) is 5.91 Å². The predicted molar refractivity (Wildman–Crippen MR) is 77.1 cm³/mol. The highest BCUT2D eigenvalue weighted by atomic mass is 35.5. The maximum absolute atomic E-state index is 11.4. The van der Waals surface area contributed by atoms with Crippen LogP contribution < -0.4 is 5.73 Å². The van der Waals surface area contributed by atoms with Crippen LogP contribution >= 0.6 is 11.6 Å². The van der Waals surface area contributed by atoms with Crippen LogP contribution in [-0.4, -0.2) is 20.7 Å². The lowest BCUT2D eigenvalue weighted by Crippen LogP contribution is -2.15. The lowest BCUT2D eigenvalue weighted by molar-refractivity contribution is 0.0999. The number of primary amides is 1. The SMILES string of the molecule is Cc1c(C(N)=O)cc(Cl)nc1-n1cc2ccccc2n1. The van der Waals surface area contributed by atoms with Gasteiger partial charge < -0.3 is 5.73 Å². The molecular weight excluding hydrogens is 276 g/mol. The highest BCUT2D eigenvalue weighted by Gasteiger charge is 2.14. The van der Waals surface area contributed by atoms with E-state index in [4.69, 9.17) is 17.3 Å². The first kappa shape index (κ1) is 12.6. The highest BCUT2D eigenvalue weighted by Crippen LogP contribution is 2.21. The molecule has 0 aliphatic heterocycles. The molecule has 3 rings (SSSR count). The van der Waals surface area contributed by atoms with Gasteiger partial charge in [0, 0.05) is 22.7 Å². The molecule has 1 aromatic carbocycles. The number of nitrogens with zero attached hydrogens (tertiary/aromatic N) is 3. The molecule has 0 aliphatic carbocycles. The minimum absolute atomic E-state index is 0.207. The molecule has 3 aromatic rings. The first-order valence-electron chi connectivity index (χ1n) is 5.98. The molecule has 2 aromatic heterocycles. The predicted octanol–water partition coefficient (Wildman–Crippen LogP) is 2.48. The fourth-order valence-electron chi connectivity index (χ4n) is 2.12. The van der Waals surface area contributed by atoms with Gasteiger partial charge in [-0.25, -0.2) is 9.67 Å². The first-order valence-corrected chi connectivity index (χ1v) is 6.36. The van der Waals surface area contributed by atoms with E-state index in [-0.39, 0.29) is 5.15 Å². The standard InChI is InChI=1S/C14H11ClN4O/c1-8-10(13(16)20)6-12(15)17-14(8)19-7-9-4-2-3-5-11(9)18-19/h2-7H,1H3,(H2,16,20). The van der Waals surface area contributed by atoms with Crippen molar-refractivity contribution in [2.45, 2.75) is 6.92 Å². The third kappa shape index (κ3) is 2.02. The average molecular weight is 287 g/mol. The van der Waals surface area contributed by atoms with Gasteiger partial charge in [-0.1, -0.05) is 29.8 Å². The van der Waals surface area contributed by atoms with Crippen LogP contribution in [0, 0.1) is 6.92 Å². The summed E-state index contributed by atoms with van der Waals surface area (Å²) in [7, 11) is 0. The van der Waals surface area contributed by atoms with Crippen LogP contribution in [0.25, 0.3) is 16.7 Å². The van der Waals surface area contributed by atoms with Crippen LogP contribution in [0.2, 0.25) is 5.15 Å². The lowest BCUT2D eigenvalue weighted by Gasteiger charge is -2.08. The Bertz CT molecular complexity index is 792. The molecule has 0 unspecified atom stereocenters. The zero-order valence-corrected chi connectivity index (χ0v) is 11.4. The Balaban J connectivity index is 2.25. The number of halogens is 1. The molecule has 6 heteroatoms. The summed E-state index contributed by atoms with van der Waals surface area (Å²) in [6.45, 7) is 1.77. The lowest BCUT2D eigenvalue weighted by atomic mass is 10.1. The third-order valence-electron chi connectivity index (χ3n) is 3.11. The summed E-state index contributed by atoms with van der Waals surface area (Å²) in [6.07, 6.45) is 1.84.